The van der Waals surface area contributed by atoms with Gasteiger partial charge in [0.05, 0.1) is 5.56 Å². The molecule has 0 spiro atoms. The van der Waals surface area contributed by atoms with Crippen LogP contribution in [0.5, 0.6) is 0 Å². The van der Waals surface area contributed by atoms with Crippen LogP contribution in [0.25, 0.3) is 44.1 Å². The van der Waals surface area contributed by atoms with Crippen molar-refractivity contribution in [2.45, 2.75) is 6.18 Å². The minimum Gasteiger partial charge on any atom is -0.166 e. The maximum absolute atomic E-state index is 13.3. The number of rotatable bonds is 2. The van der Waals surface area contributed by atoms with E-state index in [1.807, 2.05) is 66.7 Å². The number of aromatic nitrogens is 2. The van der Waals surface area contributed by atoms with Gasteiger partial charge in [-0.15, -0.1) is 10.2 Å². The van der Waals surface area contributed by atoms with Gasteiger partial charge in [0.15, 0.2) is 0 Å². The molecule has 0 fully saturated rings. The molecule has 1 heterocycles. The Morgan fingerprint density at radius 3 is 1.67 bits per heavy atom. The second kappa shape index (κ2) is 6.95. The van der Waals surface area contributed by atoms with E-state index in [-0.39, 0.29) is 0 Å². The molecular weight excluding hydrogens is 385 g/mol. The van der Waals surface area contributed by atoms with Crippen LogP contribution in [0, 0.1) is 0 Å². The van der Waals surface area contributed by atoms with Gasteiger partial charge in [0.1, 0.15) is 11.4 Å². The monoisotopic (exact) mass is 400 g/mol. The Bertz CT molecular complexity index is 1380. The molecule has 0 unspecified atom stereocenters. The molecule has 4 aromatic carbocycles. The minimum atomic E-state index is -4.42. The van der Waals surface area contributed by atoms with E-state index in [9.17, 15) is 13.2 Å². The van der Waals surface area contributed by atoms with Crippen LogP contribution in [-0.2, 0) is 6.18 Å². The van der Waals surface area contributed by atoms with Crippen molar-refractivity contribution in [2.24, 2.45) is 0 Å². The number of nitrogens with zero attached hydrogens (tertiary/aromatic N) is 2. The molecule has 0 radical (unpaired) electrons. The van der Waals surface area contributed by atoms with Crippen molar-refractivity contribution in [3.63, 3.8) is 0 Å². The number of benzene rings is 4. The van der Waals surface area contributed by atoms with Gasteiger partial charge in [-0.2, -0.15) is 13.2 Å². The van der Waals surface area contributed by atoms with Gasteiger partial charge in [-0.3, -0.25) is 0 Å². The summed E-state index contributed by atoms with van der Waals surface area (Å²) in [4.78, 5) is 0. The van der Waals surface area contributed by atoms with Gasteiger partial charge in [-0.05, 0) is 35.0 Å². The van der Waals surface area contributed by atoms with Crippen molar-refractivity contribution in [1.29, 1.82) is 0 Å². The molecule has 1 aromatic heterocycles. The van der Waals surface area contributed by atoms with Gasteiger partial charge in [0.2, 0.25) is 0 Å². The number of alkyl halides is 3. The van der Waals surface area contributed by atoms with Crippen molar-refractivity contribution in [2.75, 3.05) is 0 Å². The van der Waals surface area contributed by atoms with Gasteiger partial charge < -0.3 is 0 Å². The first kappa shape index (κ1) is 18.3. The highest BCUT2D eigenvalue weighted by Crippen LogP contribution is 2.37. The Balaban J connectivity index is 1.83. The summed E-state index contributed by atoms with van der Waals surface area (Å²) in [7, 11) is 0. The molecule has 0 aliphatic heterocycles. The summed E-state index contributed by atoms with van der Waals surface area (Å²) < 4.78 is 39.8. The van der Waals surface area contributed by atoms with Crippen molar-refractivity contribution in [3.05, 3.63) is 96.6 Å². The van der Waals surface area contributed by atoms with Crippen LogP contribution in [0.4, 0.5) is 13.2 Å². The van der Waals surface area contributed by atoms with E-state index in [2.05, 4.69) is 10.2 Å². The molecular formula is C25H15F3N2. The van der Waals surface area contributed by atoms with Crippen molar-refractivity contribution in [1.82, 2.24) is 10.2 Å². The predicted octanol–water partition coefficient (Wildman–Crippen LogP) is 7.14. The van der Waals surface area contributed by atoms with E-state index < -0.39 is 11.7 Å². The van der Waals surface area contributed by atoms with Crippen LogP contribution in [-0.4, -0.2) is 10.2 Å². The van der Waals surface area contributed by atoms with E-state index in [0.717, 1.165) is 39.2 Å². The fraction of sp³-hybridized carbons (Fsp3) is 0.0400. The molecule has 30 heavy (non-hydrogen) atoms. The average molecular weight is 400 g/mol. The fourth-order valence-electron chi connectivity index (χ4n) is 3.71. The molecule has 0 saturated carbocycles. The van der Waals surface area contributed by atoms with E-state index in [4.69, 9.17) is 0 Å². The Kier molecular flexibility index (Phi) is 4.24. The Morgan fingerprint density at radius 1 is 0.533 bits per heavy atom. The Morgan fingerprint density at radius 2 is 1.07 bits per heavy atom. The van der Waals surface area contributed by atoms with Crippen LogP contribution in [0.1, 0.15) is 5.56 Å². The zero-order chi connectivity index (χ0) is 20.7. The summed E-state index contributed by atoms with van der Waals surface area (Å²) in [5, 5.41) is 12.4. The van der Waals surface area contributed by atoms with Crippen LogP contribution >= 0.6 is 0 Å². The van der Waals surface area contributed by atoms with E-state index in [1.165, 1.54) is 6.07 Å². The summed E-state index contributed by atoms with van der Waals surface area (Å²) >= 11 is 0. The van der Waals surface area contributed by atoms with Crippen LogP contribution in [0.15, 0.2) is 91.0 Å². The minimum absolute atomic E-state index is 0.386. The van der Waals surface area contributed by atoms with E-state index in [0.29, 0.717) is 17.0 Å². The highest BCUT2D eigenvalue weighted by molar-refractivity contribution is 6.08. The quantitative estimate of drug-likeness (QED) is 0.294. The number of fused-ring (bicyclic) bond motifs is 2. The summed E-state index contributed by atoms with van der Waals surface area (Å²) in [6.45, 7) is 0. The smallest absolute Gasteiger partial charge is 0.166 e. The second-order valence-electron chi connectivity index (χ2n) is 7.09. The van der Waals surface area contributed by atoms with Crippen molar-refractivity contribution in [3.8, 4) is 22.5 Å². The standard InChI is InChI=1S/C25H15F3N2/c26-25(27,28)20-12-6-11-19(13-20)24-22-15-18-10-5-4-9-17(18)14-21(22)23(29-30-24)16-7-2-1-3-8-16/h1-15H. The summed E-state index contributed by atoms with van der Waals surface area (Å²) in [5.41, 5.74) is 1.72. The molecule has 5 heteroatoms. The van der Waals surface area contributed by atoms with Crippen LogP contribution in [0.2, 0.25) is 0 Å². The van der Waals surface area contributed by atoms with Gasteiger partial charge in [0.25, 0.3) is 0 Å². The summed E-state index contributed by atoms with van der Waals surface area (Å²) in [6.07, 6.45) is -4.42. The second-order valence-corrected chi connectivity index (χ2v) is 7.09. The third-order valence-electron chi connectivity index (χ3n) is 5.16. The SMILES string of the molecule is FC(F)(F)c1cccc(-c2nnc(-c3ccccc3)c3cc4ccccc4cc23)c1. The molecule has 5 aromatic rings. The fourth-order valence-corrected chi connectivity index (χ4v) is 3.71. The van der Waals surface area contributed by atoms with Gasteiger partial charge in [-0.1, -0.05) is 66.7 Å². The maximum Gasteiger partial charge on any atom is 0.416 e. The lowest BCUT2D eigenvalue weighted by Crippen LogP contribution is -2.05. The molecule has 0 aliphatic carbocycles. The molecule has 0 atom stereocenters. The zero-order valence-corrected chi connectivity index (χ0v) is 15.7. The predicted molar refractivity (Wildman–Crippen MR) is 113 cm³/mol. The lowest BCUT2D eigenvalue weighted by molar-refractivity contribution is -0.137. The largest absolute Gasteiger partial charge is 0.416 e. The summed E-state index contributed by atoms with van der Waals surface area (Å²) in [6, 6.07) is 26.8. The first-order chi connectivity index (χ1) is 14.5. The molecule has 0 N–H and O–H groups in total. The zero-order valence-electron chi connectivity index (χ0n) is 15.7. The number of hydrogen-bond acceptors (Lipinski definition) is 2. The molecule has 0 aliphatic rings. The maximum atomic E-state index is 13.3. The van der Waals surface area contributed by atoms with Crippen LogP contribution in [0.3, 0.4) is 0 Å². The topological polar surface area (TPSA) is 25.8 Å². The highest BCUT2D eigenvalue weighted by Gasteiger charge is 2.30. The van der Waals surface area contributed by atoms with Crippen molar-refractivity contribution >= 4 is 21.5 Å². The van der Waals surface area contributed by atoms with Crippen LogP contribution < -0.4 is 0 Å². The van der Waals surface area contributed by atoms with Gasteiger partial charge in [-0.25, -0.2) is 0 Å². The highest BCUT2D eigenvalue weighted by atomic mass is 19.4. The lowest BCUT2D eigenvalue weighted by atomic mass is 9.96. The third-order valence-corrected chi connectivity index (χ3v) is 5.16. The molecule has 0 saturated heterocycles. The molecule has 0 bridgehead atoms. The van der Waals surface area contributed by atoms with E-state index >= 15 is 0 Å². The Hall–Kier alpha value is -3.73. The first-order valence-corrected chi connectivity index (χ1v) is 9.43. The normalized spacial score (nSPS) is 11.8. The average Bonchev–Trinajstić information content (AvgIpc) is 2.77. The van der Waals surface area contributed by atoms with E-state index in [1.54, 1.807) is 6.07 Å². The third kappa shape index (κ3) is 3.18. The van der Waals surface area contributed by atoms with Gasteiger partial charge in [0, 0.05) is 21.9 Å². The summed E-state index contributed by atoms with van der Waals surface area (Å²) in [5.74, 6) is 0. The lowest BCUT2D eigenvalue weighted by Gasteiger charge is -2.13. The van der Waals surface area contributed by atoms with Crippen molar-refractivity contribution < 1.29 is 13.2 Å². The van der Waals surface area contributed by atoms with Gasteiger partial charge >= 0.3 is 6.18 Å². The molecule has 2 nitrogen and oxygen atoms in total. The Labute approximate surface area is 170 Å². The number of hydrogen-bond donors (Lipinski definition) is 0. The molecule has 146 valence electrons. The number of halogens is 3. The molecule has 5 rings (SSSR count). The first-order valence-electron chi connectivity index (χ1n) is 9.43. The molecule has 0 amide bonds.